The maximum Gasteiger partial charge on any atom is 0.221 e. The van der Waals surface area contributed by atoms with Crippen LogP contribution in [0, 0.1) is 0 Å². The van der Waals surface area contributed by atoms with Crippen molar-refractivity contribution in [3.8, 4) is 5.75 Å². The van der Waals surface area contributed by atoms with Crippen LogP contribution in [0.4, 0.5) is 5.69 Å². The number of carbonyl (C=O) groups is 2. The number of rotatable bonds is 5. The second kappa shape index (κ2) is 7.22. The number of para-hydroxylation sites is 1. The SMILES string of the molecule is COc1ccccc1C=CC(=O)c1ccc(NC(C)=O)cc1. The minimum atomic E-state index is -0.143. The summed E-state index contributed by atoms with van der Waals surface area (Å²) in [5, 5.41) is 2.66. The molecule has 0 unspecified atom stereocenters. The predicted molar refractivity (Wildman–Crippen MR) is 87.1 cm³/mol. The maximum atomic E-state index is 12.1. The average Bonchev–Trinajstić information content (AvgIpc) is 2.53. The summed E-state index contributed by atoms with van der Waals surface area (Å²) in [6.45, 7) is 1.44. The van der Waals surface area contributed by atoms with Gasteiger partial charge >= 0.3 is 0 Å². The van der Waals surface area contributed by atoms with E-state index >= 15 is 0 Å². The molecule has 0 aliphatic heterocycles. The molecule has 4 heteroatoms. The van der Waals surface area contributed by atoms with Gasteiger partial charge in [-0.1, -0.05) is 18.2 Å². The summed E-state index contributed by atoms with van der Waals surface area (Å²) in [5.74, 6) is 0.461. The Balaban J connectivity index is 2.11. The first kappa shape index (κ1) is 15.5. The van der Waals surface area contributed by atoms with E-state index in [0.29, 0.717) is 17.0 Å². The molecule has 0 saturated heterocycles. The Morgan fingerprint density at radius 3 is 2.36 bits per heavy atom. The van der Waals surface area contributed by atoms with Gasteiger partial charge < -0.3 is 10.1 Å². The molecule has 0 atom stereocenters. The molecule has 22 heavy (non-hydrogen) atoms. The molecule has 0 aliphatic rings. The van der Waals surface area contributed by atoms with Crippen molar-refractivity contribution in [2.45, 2.75) is 6.92 Å². The number of amides is 1. The highest BCUT2D eigenvalue weighted by Crippen LogP contribution is 2.19. The summed E-state index contributed by atoms with van der Waals surface area (Å²) in [5.41, 5.74) is 2.06. The van der Waals surface area contributed by atoms with Gasteiger partial charge in [0.25, 0.3) is 0 Å². The van der Waals surface area contributed by atoms with Gasteiger partial charge in [0.15, 0.2) is 5.78 Å². The molecule has 0 aromatic heterocycles. The number of carbonyl (C=O) groups excluding carboxylic acids is 2. The fraction of sp³-hybridized carbons (Fsp3) is 0.111. The van der Waals surface area contributed by atoms with Crippen LogP contribution in [0.2, 0.25) is 0 Å². The topological polar surface area (TPSA) is 55.4 Å². The lowest BCUT2D eigenvalue weighted by Gasteiger charge is -2.04. The molecule has 0 bridgehead atoms. The highest BCUT2D eigenvalue weighted by molar-refractivity contribution is 6.07. The van der Waals surface area contributed by atoms with Crippen molar-refractivity contribution in [2.75, 3.05) is 12.4 Å². The minimum Gasteiger partial charge on any atom is -0.496 e. The summed E-state index contributed by atoms with van der Waals surface area (Å²) in [6.07, 6.45) is 3.23. The number of allylic oxidation sites excluding steroid dienone is 1. The first-order valence-electron chi connectivity index (χ1n) is 6.83. The molecule has 4 nitrogen and oxygen atoms in total. The van der Waals surface area contributed by atoms with E-state index in [9.17, 15) is 9.59 Å². The van der Waals surface area contributed by atoms with E-state index in [2.05, 4.69) is 5.32 Å². The molecule has 0 radical (unpaired) electrons. The summed E-state index contributed by atoms with van der Waals surface area (Å²) in [4.78, 5) is 23.1. The Morgan fingerprint density at radius 2 is 1.73 bits per heavy atom. The summed E-state index contributed by atoms with van der Waals surface area (Å²) >= 11 is 0. The highest BCUT2D eigenvalue weighted by Gasteiger charge is 2.03. The number of ketones is 1. The van der Waals surface area contributed by atoms with E-state index in [0.717, 1.165) is 5.56 Å². The third-order valence-electron chi connectivity index (χ3n) is 3.04. The lowest BCUT2D eigenvalue weighted by atomic mass is 10.1. The summed E-state index contributed by atoms with van der Waals surface area (Å²) < 4.78 is 5.23. The van der Waals surface area contributed by atoms with Crippen LogP contribution in [0.25, 0.3) is 6.08 Å². The molecule has 1 amide bonds. The van der Waals surface area contributed by atoms with Crippen LogP contribution in [0.15, 0.2) is 54.6 Å². The molecule has 2 rings (SSSR count). The van der Waals surface area contributed by atoms with E-state index in [1.165, 1.54) is 13.0 Å². The predicted octanol–water partition coefficient (Wildman–Crippen LogP) is 3.55. The molecule has 1 N–H and O–H groups in total. The lowest BCUT2D eigenvalue weighted by molar-refractivity contribution is -0.114. The quantitative estimate of drug-likeness (QED) is 0.678. The van der Waals surface area contributed by atoms with Gasteiger partial charge in [-0.3, -0.25) is 9.59 Å². The fourth-order valence-corrected chi connectivity index (χ4v) is 1.99. The van der Waals surface area contributed by atoms with Crippen LogP contribution in [0.5, 0.6) is 5.75 Å². The molecular formula is C18H17NO3. The van der Waals surface area contributed by atoms with Crippen LogP contribution in [-0.4, -0.2) is 18.8 Å². The average molecular weight is 295 g/mol. The van der Waals surface area contributed by atoms with Crippen molar-refractivity contribution in [1.29, 1.82) is 0 Å². The van der Waals surface area contributed by atoms with Gasteiger partial charge in [0.05, 0.1) is 7.11 Å². The molecule has 2 aromatic rings. The van der Waals surface area contributed by atoms with Gasteiger partial charge in [0.2, 0.25) is 5.91 Å². The van der Waals surface area contributed by atoms with Crippen LogP contribution < -0.4 is 10.1 Å². The van der Waals surface area contributed by atoms with Crippen molar-refractivity contribution in [3.05, 3.63) is 65.7 Å². The van der Waals surface area contributed by atoms with Crippen molar-refractivity contribution < 1.29 is 14.3 Å². The number of benzene rings is 2. The summed E-state index contributed by atoms with van der Waals surface area (Å²) in [7, 11) is 1.59. The van der Waals surface area contributed by atoms with Gasteiger partial charge in [-0.15, -0.1) is 0 Å². The van der Waals surface area contributed by atoms with Crippen LogP contribution in [-0.2, 0) is 4.79 Å². The normalized spacial score (nSPS) is 10.5. The number of methoxy groups -OCH3 is 1. The van der Waals surface area contributed by atoms with Crippen molar-refractivity contribution in [1.82, 2.24) is 0 Å². The molecular weight excluding hydrogens is 278 g/mol. The van der Waals surface area contributed by atoms with E-state index < -0.39 is 0 Å². The van der Waals surface area contributed by atoms with Gasteiger partial charge in [0, 0.05) is 23.7 Å². The second-order valence-electron chi connectivity index (χ2n) is 4.70. The zero-order valence-electron chi connectivity index (χ0n) is 12.5. The zero-order chi connectivity index (χ0) is 15.9. The molecule has 0 spiro atoms. The van der Waals surface area contributed by atoms with Crippen molar-refractivity contribution in [2.24, 2.45) is 0 Å². The Bertz CT molecular complexity index is 703. The van der Waals surface area contributed by atoms with Gasteiger partial charge in [0.1, 0.15) is 5.75 Å². The molecule has 0 heterocycles. The monoisotopic (exact) mass is 295 g/mol. The van der Waals surface area contributed by atoms with Crippen molar-refractivity contribution in [3.63, 3.8) is 0 Å². The molecule has 0 fully saturated rings. The summed E-state index contributed by atoms with van der Waals surface area (Å²) in [6, 6.07) is 14.2. The Hall–Kier alpha value is -2.88. The van der Waals surface area contributed by atoms with Crippen LogP contribution >= 0.6 is 0 Å². The largest absolute Gasteiger partial charge is 0.496 e. The first-order chi connectivity index (χ1) is 10.6. The fourth-order valence-electron chi connectivity index (χ4n) is 1.99. The minimum absolute atomic E-state index is 0.111. The molecule has 112 valence electrons. The second-order valence-corrected chi connectivity index (χ2v) is 4.70. The van der Waals surface area contributed by atoms with Crippen LogP contribution in [0.3, 0.4) is 0 Å². The Kier molecular flexibility index (Phi) is 5.09. The Labute approximate surface area is 129 Å². The number of hydrogen-bond acceptors (Lipinski definition) is 3. The van der Waals surface area contributed by atoms with E-state index in [1.54, 1.807) is 37.5 Å². The van der Waals surface area contributed by atoms with E-state index in [4.69, 9.17) is 4.74 Å². The number of hydrogen-bond donors (Lipinski definition) is 1. The molecule has 0 saturated carbocycles. The highest BCUT2D eigenvalue weighted by atomic mass is 16.5. The molecule has 0 aliphatic carbocycles. The zero-order valence-corrected chi connectivity index (χ0v) is 12.5. The lowest BCUT2D eigenvalue weighted by Crippen LogP contribution is -2.05. The third-order valence-corrected chi connectivity index (χ3v) is 3.04. The van der Waals surface area contributed by atoms with Crippen molar-refractivity contribution >= 4 is 23.5 Å². The molecule has 2 aromatic carbocycles. The van der Waals surface area contributed by atoms with Crippen LogP contribution in [0.1, 0.15) is 22.8 Å². The van der Waals surface area contributed by atoms with Gasteiger partial charge in [-0.25, -0.2) is 0 Å². The standard InChI is InChI=1S/C18H17NO3/c1-13(20)19-16-10-7-14(8-11-16)17(21)12-9-15-5-3-4-6-18(15)22-2/h3-12H,1-2H3,(H,19,20). The van der Waals surface area contributed by atoms with E-state index in [-0.39, 0.29) is 11.7 Å². The smallest absolute Gasteiger partial charge is 0.221 e. The third kappa shape index (κ3) is 4.06. The maximum absolute atomic E-state index is 12.1. The first-order valence-corrected chi connectivity index (χ1v) is 6.83. The Morgan fingerprint density at radius 1 is 1.05 bits per heavy atom. The van der Waals surface area contributed by atoms with E-state index in [1.807, 2.05) is 24.3 Å². The number of anilines is 1. The number of ether oxygens (including phenoxy) is 1. The van der Waals surface area contributed by atoms with Gasteiger partial charge in [-0.05, 0) is 42.5 Å². The number of nitrogens with one attached hydrogen (secondary N) is 1. The van der Waals surface area contributed by atoms with Gasteiger partial charge in [-0.2, -0.15) is 0 Å².